The molecule has 1 aliphatic rings. The minimum Gasteiger partial charge on any atom is -0.492 e. The number of carboxylic acid groups (broad SMARTS) is 1. The first kappa shape index (κ1) is 13.6. The molecule has 0 aliphatic carbocycles. The maximum absolute atomic E-state index is 11.8. The summed E-state index contributed by atoms with van der Waals surface area (Å²) in [5.74, 6) is 0.000135. The topological polar surface area (TPSA) is 59.4 Å². The number of hydrogen-bond donors (Lipinski definition) is 1. The van der Waals surface area contributed by atoms with Crippen molar-refractivity contribution in [2.75, 3.05) is 6.61 Å². The number of aromatic nitrogens is 1. The number of nitrogens with zero attached hydrogens (tertiary/aromatic N) is 1. The lowest BCUT2D eigenvalue weighted by Crippen LogP contribution is -2.42. The van der Waals surface area contributed by atoms with E-state index in [-0.39, 0.29) is 6.61 Å². The molecule has 4 nitrogen and oxygen atoms in total. The molecule has 1 unspecified atom stereocenters. The number of pyridine rings is 1. The quantitative estimate of drug-likeness (QED) is 0.937. The molecule has 0 saturated heterocycles. The van der Waals surface area contributed by atoms with Gasteiger partial charge in [0.25, 0.3) is 0 Å². The molecule has 1 atom stereocenters. The second-order valence-electron chi connectivity index (χ2n) is 5.48. The van der Waals surface area contributed by atoms with Crippen molar-refractivity contribution >= 4 is 5.97 Å². The monoisotopic (exact) mass is 283 g/mol. The SMILES string of the molecule is O=C(O)C1(CCc2ccccn2)COc2ccccc2C1. The Bertz CT molecular complexity index is 641. The van der Waals surface area contributed by atoms with Gasteiger partial charge in [-0.1, -0.05) is 24.3 Å². The van der Waals surface area contributed by atoms with Crippen LogP contribution in [0.2, 0.25) is 0 Å². The highest BCUT2D eigenvalue weighted by Crippen LogP contribution is 2.37. The Morgan fingerprint density at radius 2 is 2.05 bits per heavy atom. The Hall–Kier alpha value is -2.36. The van der Waals surface area contributed by atoms with Gasteiger partial charge >= 0.3 is 5.97 Å². The normalized spacial score (nSPS) is 20.4. The van der Waals surface area contributed by atoms with Gasteiger partial charge in [-0.15, -0.1) is 0 Å². The predicted molar refractivity (Wildman–Crippen MR) is 78.3 cm³/mol. The molecule has 2 aromatic rings. The van der Waals surface area contributed by atoms with Gasteiger partial charge in [-0.2, -0.15) is 0 Å². The van der Waals surface area contributed by atoms with Crippen molar-refractivity contribution in [1.29, 1.82) is 0 Å². The van der Waals surface area contributed by atoms with Crippen molar-refractivity contribution < 1.29 is 14.6 Å². The summed E-state index contributed by atoms with van der Waals surface area (Å²) >= 11 is 0. The van der Waals surface area contributed by atoms with Crippen LogP contribution in [0.15, 0.2) is 48.7 Å². The average molecular weight is 283 g/mol. The molecule has 0 fully saturated rings. The van der Waals surface area contributed by atoms with E-state index in [0.29, 0.717) is 19.3 Å². The summed E-state index contributed by atoms with van der Waals surface area (Å²) in [5.41, 5.74) is 1.01. The first-order valence-corrected chi connectivity index (χ1v) is 7.04. The minimum atomic E-state index is -0.869. The molecule has 0 bridgehead atoms. The lowest BCUT2D eigenvalue weighted by Gasteiger charge is -2.34. The number of fused-ring (bicyclic) bond motifs is 1. The van der Waals surface area contributed by atoms with Crippen LogP contribution in [0.25, 0.3) is 0 Å². The Balaban J connectivity index is 1.80. The van der Waals surface area contributed by atoms with Gasteiger partial charge in [0, 0.05) is 11.9 Å². The molecule has 3 rings (SSSR count). The third-order valence-electron chi connectivity index (χ3n) is 4.04. The van der Waals surface area contributed by atoms with Crippen LogP contribution < -0.4 is 4.74 Å². The largest absolute Gasteiger partial charge is 0.492 e. The van der Waals surface area contributed by atoms with Crippen molar-refractivity contribution in [3.63, 3.8) is 0 Å². The molecule has 21 heavy (non-hydrogen) atoms. The number of rotatable bonds is 4. The van der Waals surface area contributed by atoms with Crippen LogP contribution in [-0.4, -0.2) is 22.7 Å². The number of ether oxygens (including phenoxy) is 1. The molecule has 108 valence electrons. The highest BCUT2D eigenvalue weighted by Gasteiger charge is 2.42. The lowest BCUT2D eigenvalue weighted by atomic mass is 9.76. The van der Waals surface area contributed by atoms with Crippen molar-refractivity contribution in [1.82, 2.24) is 4.98 Å². The van der Waals surface area contributed by atoms with E-state index in [1.807, 2.05) is 42.5 Å². The number of carboxylic acids is 1. The molecule has 2 heterocycles. The maximum atomic E-state index is 11.8. The van der Waals surface area contributed by atoms with Crippen molar-refractivity contribution in [2.45, 2.75) is 19.3 Å². The summed E-state index contributed by atoms with van der Waals surface area (Å²) in [6, 6.07) is 13.3. The van der Waals surface area contributed by atoms with E-state index in [9.17, 15) is 9.90 Å². The zero-order valence-corrected chi connectivity index (χ0v) is 11.7. The Kier molecular flexibility index (Phi) is 3.60. The average Bonchev–Trinajstić information content (AvgIpc) is 2.53. The molecule has 1 aromatic carbocycles. The fraction of sp³-hybridized carbons (Fsp3) is 0.294. The number of benzene rings is 1. The molecule has 1 N–H and O–H groups in total. The van der Waals surface area contributed by atoms with E-state index >= 15 is 0 Å². The molecular weight excluding hydrogens is 266 g/mol. The molecule has 4 heteroatoms. The first-order chi connectivity index (χ1) is 10.2. The highest BCUT2D eigenvalue weighted by molar-refractivity contribution is 5.76. The smallest absolute Gasteiger partial charge is 0.313 e. The summed E-state index contributed by atoms with van der Waals surface area (Å²) < 4.78 is 5.69. The molecule has 1 aliphatic heterocycles. The van der Waals surface area contributed by atoms with Crippen LogP contribution in [0.5, 0.6) is 5.75 Å². The van der Waals surface area contributed by atoms with E-state index in [1.165, 1.54) is 0 Å². The van der Waals surface area contributed by atoms with E-state index in [4.69, 9.17) is 4.74 Å². The predicted octanol–water partition coefficient (Wildman–Crippen LogP) is 2.72. The number of aliphatic carboxylic acids is 1. The number of para-hydroxylation sites is 1. The first-order valence-electron chi connectivity index (χ1n) is 7.04. The summed E-state index contributed by atoms with van der Waals surface area (Å²) in [7, 11) is 0. The summed E-state index contributed by atoms with van der Waals surface area (Å²) in [5, 5.41) is 9.69. The summed E-state index contributed by atoms with van der Waals surface area (Å²) in [6.07, 6.45) is 3.40. The number of hydrogen-bond acceptors (Lipinski definition) is 3. The molecule has 0 spiro atoms. The maximum Gasteiger partial charge on any atom is 0.313 e. The van der Waals surface area contributed by atoms with Gasteiger partial charge in [0.15, 0.2) is 0 Å². The minimum absolute atomic E-state index is 0.214. The van der Waals surface area contributed by atoms with Gasteiger partial charge in [-0.3, -0.25) is 9.78 Å². The number of carbonyl (C=O) groups is 1. The molecular formula is C17H17NO3. The molecule has 0 radical (unpaired) electrons. The fourth-order valence-electron chi connectivity index (χ4n) is 2.74. The van der Waals surface area contributed by atoms with Crippen molar-refractivity contribution in [3.05, 3.63) is 59.9 Å². The van der Waals surface area contributed by atoms with Crippen LogP contribution in [-0.2, 0) is 17.6 Å². The van der Waals surface area contributed by atoms with Gasteiger partial charge in [-0.25, -0.2) is 0 Å². The van der Waals surface area contributed by atoms with Gasteiger partial charge in [0.1, 0.15) is 17.8 Å². The van der Waals surface area contributed by atoms with E-state index in [1.54, 1.807) is 6.20 Å². The van der Waals surface area contributed by atoms with Gasteiger partial charge in [0.05, 0.1) is 0 Å². The van der Waals surface area contributed by atoms with Crippen molar-refractivity contribution in [3.8, 4) is 5.75 Å². The zero-order chi connectivity index (χ0) is 14.7. The Labute approximate surface area is 123 Å². The van der Waals surface area contributed by atoms with Gasteiger partial charge < -0.3 is 9.84 Å². The zero-order valence-electron chi connectivity index (χ0n) is 11.7. The second-order valence-corrected chi connectivity index (χ2v) is 5.48. The van der Waals surface area contributed by atoms with Gasteiger partial charge in [-0.05, 0) is 43.0 Å². The Morgan fingerprint density at radius 3 is 2.81 bits per heavy atom. The van der Waals surface area contributed by atoms with E-state index in [2.05, 4.69) is 4.98 Å². The van der Waals surface area contributed by atoms with E-state index in [0.717, 1.165) is 17.0 Å². The Morgan fingerprint density at radius 1 is 1.24 bits per heavy atom. The van der Waals surface area contributed by atoms with Crippen LogP contribution in [0, 0.1) is 5.41 Å². The van der Waals surface area contributed by atoms with Gasteiger partial charge in [0.2, 0.25) is 0 Å². The molecule has 1 aromatic heterocycles. The highest BCUT2D eigenvalue weighted by atomic mass is 16.5. The third kappa shape index (κ3) is 2.75. The van der Waals surface area contributed by atoms with Crippen LogP contribution in [0.3, 0.4) is 0 Å². The fourth-order valence-corrected chi connectivity index (χ4v) is 2.74. The standard InChI is InChI=1S/C17H17NO3/c19-16(20)17(9-8-14-6-3-4-10-18-14)11-13-5-1-2-7-15(13)21-12-17/h1-7,10H,8-9,11-12H2,(H,19,20). The second kappa shape index (κ2) is 5.56. The van der Waals surface area contributed by atoms with Crippen LogP contribution in [0.4, 0.5) is 0 Å². The molecule has 0 saturated carbocycles. The van der Waals surface area contributed by atoms with Crippen molar-refractivity contribution in [2.24, 2.45) is 5.41 Å². The van der Waals surface area contributed by atoms with Crippen LogP contribution in [0.1, 0.15) is 17.7 Å². The summed E-state index contributed by atoms with van der Waals surface area (Å²) in [6.45, 7) is 0.214. The lowest BCUT2D eigenvalue weighted by molar-refractivity contribution is -0.152. The third-order valence-corrected chi connectivity index (χ3v) is 4.04. The van der Waals surface area contributed by atoms with E-state index < -0.39 is 11.4 Å². The van der Waals surface area contributed by atoms with Crippen LogP contribution >= 0.6 is 0 Å². The number of aryl methyl sites for hydroxylation is 1. The summed E-state index contributed by atoms with van der Waals surface area (Å²) in [4.78, 5) is 16.1. The molecule has 0 amide bonds.